The van der Waals surface area contributed by atoms with Gasteiger partial charge in [-0.2, -0.15) is 0 Å². The largest absolute Gasteiger partial charge is 0.495 e. The number of ether oxygens (including phenoxy) is 2. The van der Waals surface area contributed by atoms with Crippen LogP contribution >= 0.6 is 0 Å². The number of carbonyl (C=O) groups is 1. The van der Waals surface area contributed by atoms with Crippen molar-refractivity contribution >= 4 is 5.97 Å². The molecule has 0 aliphatic rings. The van der Waals surface area contributed by atoms with E-state index in [4.69, 9.17) is 14.6 Å². The number of rotatable bonds is 6. The molecule has 0 aromatic rings. The van der Waals surface area contributed by atoms with Crippen LogP contribution in [-0.2, 0) is 14.3 Å². The number of carboxylic acids is 1. The van der Waals surface area contributed by atoms with Crippen molar-refractivity contribution in [2.75, 3.05) is 13.2 Å². The van der Waals surface area contributed by atoms with Crippen LogP contribution in [0.3, 0.4) is 0 Å². The first-order valence-corrected chi connectivity index (χ1v) is 3.37. The quantitative estimate of drug-likeness (QED) is 0.371. The van der Waals surface area contributed by atoms with Gasteiger partial charge in [-0.15, -0.1) is 0 Å². The minimum atomic E-state index is -1.16. The van der Waals surface area contributed by atoms with E-state index in [1.807, 2.05) is 0 Å². The molecule has 0 amide bonds. The predicted octanol–water partition coefficient (Wildman–Crippen LogP) is 1.15. The Kier molecular flexibility index (Phi) is 4.60. The lowest BCUT2D eigenvalue weighted by Gasteiger charge is -2.06. The fraction of sp³-hybridized carbons (Fsp3) is 0.375. The van der Waals surface area contributed by atoms with Crippen LogP contribution < -0.4 is 0 Å². The van der Waals surface area contributed by atoms with E-state index in [-0.39, 0.29) is 19.0 Å². The van der Waals surface area contributed by atoms with Crippen molar-refractivity contribution in [1.82, 2.24) is 0 Å². The zero-order valence-electron chi connectivity index (χ0n) is 7.00. The van der Waals surface area contributed by atoms with E-state index in [1.165, 1.54) is 0 Å². The van der Waals surface area contributed by atoms with Crippen LogP contribution in [0.1, 0.15) is 6.92 Å². The molecule has 0 saturated heterocycles. The monoisotopic (exact) mass is 172 g/mol. The fourth-order valence-corrected chi connectivity index (χ4v) is 0.443. The highest BCUT2D eigenvalue weighted by Gasteiger charge is 2.03. The van der Waals surface area contributed by atoms with E-state index >= 15 is 0 Å². The summed E-state index contributed by atoms with van der Waals surface area (Å²) in [6, 6.07) is 0. The second-order valence-corrected chi connectivity index (χ2v) is 2.13. The van der Waals surface area contributed by atoms with Crippen LogP contribution in [0.2, 0.25) is 0 Å². The third-order valence-corrected chi connectivity index (χ3v) is 0.947. The maximum Gasteiger partial charge on any atom is 0.370 e. The summed E-state index contributed by atoms with van der Waals surface area (Å²) in [7, 11) is 0. The summed E-state index contributed by atoms with van der Waals surface area (Å²) in [5.74, 6) is -0.870. The van der Waals surface area contributed by atoms with E-state index in [0.29, 0.717) is 5.76 Å². The number of hydrogen-bond acceptors (Lipinski definition) is 3. The van der Waals surface area contributed by atoms with Crippen LogP contribution in [0.5, 0.6) is 0 Å². The lowest BCUT2D eigenvalue weighted by molar-refractivity contribution is -0.136. The predicted molar refractivity (Wildman–Crippen MR) is 43.5 cm³/mol. The Morgan fingerprint density at radius 2 is 1.83 bits per heavy atom. The summed E-state index contributed by atoms with van der Waals surface area (Å²) >= 11 is 0. The molecule has 0 spiro atoms. The Balaban J connectivity index is 3.38. The molecule has 0 saturated carbocycles. The number of aliphatic carboxylic acids is 1. The molecule has 0 aliphatic carbocycles. The molecule has 0 aromatic carbocycles. The summed E-state index contributed by atoms with van der Waals surface area (Å²) in [5, 5.41) is 8.31. The summed E-state index contributed by atoms with van der Waals surface area (Å²) in [4.78, 5) is 10.1. The van der Waals surface area contributed by atoms with Gasteiger partial charge in [-0.25, -0.2) is 4.79 Å². The van der Waals surface area contributed by atoms with Gasteiger partial charge >= 0.3 is 5.97 Å². The Morgan fingerprint density at radius 3 is 2.25 bits per heavy atom. The highest BCUT2D eigenvalue weighted by Crippen LogP contribution is 1.94. The zero-order valence-corrected chi connectivity index (χ0v) is 7.00. The van der Waals surface area contributed by atoms with Crippen molar-refractivity contribution in [2.24, 2.45) is 0 Å². The minimum absolute atomic E-state index is 0.165. The van der Waals surface area contributed by atoms with Crippen molar-refractivity contribution in [3.05, 3.63) is 24.7 Å². The molecule has 4 heteroatoms. The van der Waals surface area contributed by atoms with Crippen LogP contribution in [0.25, 0.3) is 0 Å². The highest BCUT2D eigenvalue weighted by molar-refractivity contribution is 5.83. The molecule has 4 nitrogen and oxygen atoms in total. The first kappa shape index (κ1) is 10.6. The standard InChI is InChI=1S/C8H12O4/c1-6(2)11-4-5-12-7(3)8(9)10/h1,3-5H2,2H3,(H,9,10). The smallest absolute Gasteiger partial charge is 0.370 e. The molecule has 0 unspecified atom stereocenters. The summed E-state index contributed by atoms with van der Waals surface area (Å²) in [5.41, 5.74) is 0. The summed E-state index contributed by atoms with van der Waals surface area (Å²) in [6.45, 7) is 8.81. The number of carboxylic acid groups (broad SMARTS) is 1. The van der Waals surface area contributed by atoms with Gasteiger partial charge in [0.05, 0.1) is 5.76 Å². The number of hydrogen-bond donors (Lipinski definition) is 1. The molecule has 0 atom stereocenters. The summed E-state index contributed by atoms with van der Waals surface area (Å²) < 4.78 is 9.61. The van der Waals surface area contributed by atoms with Crippen LogP contribution in [0, 0.1) is 0 Å². The lowest BCUT2D eigenvalue weighted by Crippen LogP contribution is -2.08. The number of allylic oxidation sites excluding steroid dienone is 1. The molecule has 0 radical (unpaired) electrons. The second kappa shape index (κ2) is 5.23. The van der Waals surface area contributed by atoms with Crippen molar-refractivity contribution in [2.45, 2.75) is 6.92 Å². The first-order chi connectivity index (χ1) is 5.54. The van der Waals surface area contributed by atoms with E-state index in [2.05, 4.69) is 13.2 Å². The van der Waals surface area contributed by atoms with Crippen LogP contribution in [0.4, 0.5) is 0 Å². The topological polar surface area (TPSA) is 55.8 Å². The maximum absolute atomic E-state index is 10.1. The molecule has 0 aromatic heterocycles. The van der Waals surface area contributed by atoms with Gasteiger partial charge in [0, 0.05) is 0 Å². The highest BCUT2D eigenvalue weighted by atomic mass is 16.5. The van der Waals surface area contributed by atoms with E-state index in [0.717, 1.165) is 0 Å². The molecule has 0 bridgehead atoms. The van der Waals surface area contributed by atoms with Gasteiger partial charge in [-0.3, -0.25) is 0 Å². The third kappa shape index (κ3) is 5.34. The average molecular weight is 172 g/mol. The maximum atomic E-state index is 10.1. The van der Waals surface area contributed by atoms with Gasteiger partial charge in [0.2, 0.25) is 0 Å². The molecule has 68 valence electrons. The molecular weight excluding hydrogens is 160 g/mol. The SMILES string of the molecule is C=C(C)OCCOC(=C)C(=O)O. The molecule has 0 rings (SSSR count). The van der Waals surface area contributed by atoms with Gasteiger partial charge in [-0.1, -0.05) is 6.58 Å². The van der Waals surface area contributed by atoms with Gasteiger partial charge < -0.3 is 14.6 Å². The molecule has 12 heavy (non-hydrogen) atoms. The van der Waals surface area contributed by atoms with Gasteiger partial charge in [-0.05, 0) is 13.5 Å². The van der Waals surface area contributed by atoms with Crippen LogP contribution in [0.15, 0.2) is 24.7 Å². The van der Waals surface area contributed by atoms with Gasteiger partial charge in [0.1, 0.15) is 13.2 Å². The zero-order chi connectivity index (χ0) is 9.56. The van der Waals surface area contributed by atoms with E-state index in [1.54, 1.807) is 6.92 Å². The first-order valence-electron chi connectivity index (χ1n) is 3.37. The second-order valence-electron chi connectivity index (χ2n) is 2.13. The fourth-order valence-electron chi connectivity index (χ4n) is 0.443. The molecular formula is C8H12O4. The molecule has 0 heterocycles. The summed E-state index contributed by atoms with van der Waals surface area (Å²) in [6.07, 6.45) is 0. The van der Waals surface area contributed by atoms with Crippen molar-refractivity contribution in [1.29, 1.82) is 0 Å². The van der Waals surface area contributed by atoms with Crippen molar-refractivity contribution < 1.29 is 19.4 Å². The van der Waals surface area contributed by atoms with Crippen molar-refractivity contribution in [3.8, 4) is 0 Å². The average Bonchev–Trinajstić information content (AvgIpc) is 1.97. The molecule has 1 N–H and O–H groups in total. The lowest BCUT2D eigenvalue weighted by atomic mass is 10.6. The Bertz CT molecular complexity index is 195. The Labute approximate surface area is 71.1 Å². The van der Waals surface area contributed by atoms with Gasteiger partial charge in [0.25, 0.3) is 0 Å². The Morgan fingerprint density at radius 1 is 1.33 bits per heavy atom. The minimum Gasteiger partial charge on any atom is -0.495 e. The van der Waals surface area contributed by atoms with Gasteiger partial charge in [0.15, 0.2) is 5.76 Å². The Hall–Kier alpha value is -1.45. The van der Waals surface area contributed by atoms with E-state index < -0.39 is 5.97 Å². The van der Waals surface area contributed by atoms with E-state index in [9.17, 15) is 4.79 Å². The van der Waals surface area contributed by atoms with Crippen molar-refractivity contribution in [3.63, 3.8) is 0 Å². The molecule has 0 fully saturated rings. The molecule has 0 aliphatic heterocycles. The van der Waals surface area contributed by atoms with Crippen LogP contribution in [-0.4, -0.2) is 24.3 Å². The third-order valence-electron chi connectivity index (χ3n) is 0.947. The normalized spacial score (nSPS) is 8.75.